The van der Waals surface area contributed by atoms with E-state index in [1.807, 2.05) is 27.7 Å². The molecule has 0 unspecified atom stereocenters. The van der Waals surface area contributed by atoms with E-state index in [0.717, 1.165) is 0 Å². The van der Waals surface area contributed by atoms with E-state index in [9.17, 15) is 0 Å². The van der Waals surface area contributed by atoms with Crippen molar-refractivity contribution in [3.05, 3.63) is 11.6 Å². The number of hydrogen-bond acceptors (Lipinski definition) is 7. The van der Waals surface area contributed by atoms with Gasteiger partial charge in [-0.05, 0) is 27.7 Å². The van der Waals surface area contributed by atoms with Crippen LogP contribution in [0.2, 0.25) is 0 Å². The molecule has 0 saturated heterocycles. The summed E-state index contributed by atoms with van der Waals surface area (Å²) in [7, 11) is 3.09. The Morgan fingerprint density at radius 1 is 1.09 bits per heavy atom. The van der Waals surface area contributed by atoms with Crippen molar-refractivity contribution in [1.29, 1.82) is 0 Å². The average molecular weight is 316 g/mol. The fourth-order valence-corrected chi connectivity index (χ4v) is 1.87. The van der Waals surface area contributed by atoms with Crippen LogP contribution in [0, 0.1) is 0 Å². The van der Waals surface area contributed by atoms with Crippen LogP contribution in [0.3, 0.4) is 0 Å². The van der Waals surface area contributed by atoms with E-state index < -0.39 is 5.91 Å². The van der Waals surface area contributed by atoms with E-state index >= 15 is 0 Å². The second-order valence-corrected chi connectivity index (χ2v) is 4.90. The lowest BCUT2D eigenvalue weighted by Crippen LogP contribution is -2.45. The van der Waals surface area contributed by atoms with Crippen LogP contribution in [0.15, 0.2) is 0 Å². The molecule has 0 saturated carbocycles. The topological polar surface area (TPSA) is 79.7 Å². The predicted octanol–water partition coefficient (Wildman–Crippen LogP) is 1.98. The second-order valence-electron chi connectivity index (χ2n) is 4.90. The van der Waals surface area contributed by atoms with Crippen LogP contribution in [-0.4, -0.2) is 48.2 Å². The Labute approximate surface area is 132 Å². The molecule has 1 rings (SSSR count). The molecule has 22 heavy (non-hydrogen) atoms. The highest BCUT2D eigenvalue weighted by molar-refractivity contribution is 5.01. The first-order valence-electron chi connectivity index (χ1n) is 7.49. The van der Waals surface area contributed by atoms with Gasteiger partial charge in [0.1, 0.15) is 12.2 Å². The molecule has 1 heterocycles. The molecule has 0 aromatic carbocycles. The zero-order chi connectivity index (χ0) is 16.8. The zero-order valence-electron chi connectivity index (χ0n) is 14.5. The Morgan fingerprint density at radius 3 is 2.14 bits per heavy atom. The molecule has 0 radical (unpaired) electrons. The molecule has 0 amide bonds. The summed E-state index contributed by atoms with van der Waals surface area (Å²) in [5.74, 6) is 0.176. The van der Waals surface area contributed by atoms with Gasteiger partial charge in [0.15, 0.2) is 11.6 Å². The average Bonchev–Trinajstić information content (AvgIpc) is 2.91. The number of hydrogen-bond donors (Lipinski definition) is 1. The number of rotatable bonds is 10. The third-order valence-electron chi connectivity index (χ3n) is 3.30. The molecule has 8 heteroatoms. The maximum atomic E-state index is 5.62. The summed E-state index contributed by atoms with van der Waals surface area (Å²) >= 11 is 0. The Morgan fingerprint density at radius 2 is 1.64 bits per heavy atom. The lowest BCUT2D eigenvalue weighted by atomic mass is 10.3. The number of ether oxygens (including phenoxy) is 4. The molecular weight excluding hydrogens is 288 g/mol. The molecule has 0 fully saturated rings. The molecule has 1 aromatic rings. The molecule has 8 nitrogen and oxygen atoms in total. The van der Waals surface area contributed by atoms with Gasteiger partial charge >= 0.3 is 0 Å². The van der Waals surface area contributed by atoms with Crippen LogP contribution in [-0.2, 0) is 18.9 Å². The standard InChI is InChI=1S/C14H28N4O4/c1-8-21-10(3)12-15-13(11(4)22-9-2)18(16-12)17-14(5,19-6)20-7/h10-11,17H,8-9H2,1-7H3/t10-,11-/m0/s1. The van der Waals surface area contributed by atoms with Crippen LogP contribution < -0.4 is 5.43 Å². The minimum absolute atomic E-state index is 0.211. The Hall–Kier alpha value is -1.22. The van der Waals surface area contributed by atoms with Crippen molar-refractivity contribution < 1.29 is 18.9 Å². The summed E-state index contributed by atoms with van der Waals surface area (Å²) in [4.78, 5) is 6.05. The van der Waals surface area contributed by atoms with Crippen molar-refractivity contribution in [2.24, 2.45) is 0 Å². The van der Waals surface area contributed by atoms with Crippen LogP contribution >= 0.6 is 0 Å². The van der Waals surface area contributed by atoms with Gasteiger partial charge in [-0.15, -0.1) is 5.10 Å². The first kappa shape index (κ1) is 18.8. The lowest BCUT2D eigenvalue weighted by Gasteiger charge is -2.28. The van der Waals surface area contributed by atoms with E-state index in [2.05, 4.69) is 15.5 Å². The predicted molar refractivity (Wildman–Crippen MR) is 81.9 cm³/mol. The number of aromatic nitrogens is 3. The molecular formula is C14H28N4O4. The van der Waals surface area contributed by atoms with Crippen molar-refractivity contribution in [1.82, 2.24) is 14.9 Å². The third kappa shape index (κ3) is 4.64. The van der Waals surface area contributed by atoms with Gasteiger partial charge in [0.25, 0.3) is 5.91 Å². The van der Waals surface area contributed by atoms with Gasteiger partial charge in [-0.3, -0.25) is 5.43 Å². The van der Waals surface area contributed by atoms with Crippen molar-refractivity contribution >= 4 is 0 Å². The molecule has 1 aromatic heterocycles. The summed E-state index contributed by atoms with van der Waals surface area (Å²) in [6.45, 7) is 10.6. The number of methoxy groups -OCH3 is 2. The molecule has 0 aliphatic carbocycles. The zero-order valence-corrected chi connectivity index (χ0v) is 14.5. The summed E-state index contributed by atoms with van der Waals surface area (Å²) in [5.41, 5.74) is 3.04. The molecule has 0 aliphatic heterocycles. The van der Waals surface area contributed by atoms with Crippen LogP contribution in [0.25, 0.3) is 0 Å². The number of nitrogens with one attached hydrogen (secondary N) is 1. The van der Waals surface area contributed by atoms with Crippen molar-refractivity contribution in [3.8, 4) is 0 Å². The van der Waals surface area contributed by atoms with Crippen LogP contribution in [0.1, 0.15) is 58.5 Å². The quantitative estimate of drug-likeness (QED) is 0.661. The fraction of sp³-hybridized carbons (Fsp3) is 0.857. The van der Waals surface area contributed by atoms with Crippen molar-refractivity contribution in [3.63, 3.8) is 0 Å². The second kappa shape index (κ2) is 8.42. The van der Waals surface area contributed by atoms with Crippen molar-refractivity contribution in [2.45, 2.75) is 52.7 Å². The van der Waals surface area contributed by atoms with Gasteiger partial charge < -0.3 is 18.9 Å². The maximum Gasteiger partial charge on any atom is 0.260 e. The van der Waals surface area contributed by atoms with Crippen LogP contribution in [0.5, 0.6) is 0 Å². The monoisotopic (exact) mass is 316 g/mol. The Balaban J connectivity index is 3.10. The van der Waals surface area contributed by atoms with Gasteiger partial charge in [-0.1, -0.05) is 0 Å². The molecule has 0 bridgehead atoms. The first-order valence-corrected chi connectivity index (χ1v) is 7.49. The Kier molecular flexibility index (Phi) is 7.21. The van der Waals surface area contributed by atoms with E-state index in [4.69, 9.17) is 18.9 Å². The highest BCUT2D eigenvalue weighted by atomic mass is 16.7. The summed E-state index contributed by atoms with van der Waals surface area (Å²) in [5, 5.41) is 4.44. The van der Waals surface area contributed by atoms with Crippen LogP contribution in [0.4, 0.5) is 0 Å². The number of nitrogens with zero attached hydrogens (tertiary/aromatic N) is 3. The lowest BCUT2D eigenvalue weighted by molar-refractivity contribution is -0.180. The SMILES string of the molecule is CCO[C@@H](C)c1nc([C@H](C)OCC)n(NC(C)(OC)OC)n1. The highest BCUT2D eigenvalue weighted by Gasteiger charge is 2.27. The summed E-state index contributed by atoms with van der Waals surface area (Å²) in [6, 6.07) is 0. The Bertz CT molecular complexity index is 448. The van der Waals surface area contributed by atoms with E-state index in [0.29, 0.717) is 24.9 Å². The smallest absolute Gasteiger partial charge is 0.260 e. The summed E-state index contributed by atoms with van der Waals surface area (Å²) < 4.78 is 21.8. The molecule has 2 atom stereocenters. The summed E-state index contributed by atoms with van der Waals surface area (Å²) in [6.07, 6.45) is -0.442. The maximum absolute atomic E-state index is 5.62. The molecule has 0 aliphatic rings. The van der Waals surface area contributed by atoms with Gasteiger partial charge in [-0.2, -0.15) is 4.79 Å². The molecule has 128 valence electrons. The van der Waals surface area contributed by atoms with E-state index in [-0.39, 0.29) is 12.2 Å². The fourth-order valence-electron chi connectivity index (χ4n) is 1.87. The highest BCUT2D eigenvalue weighted by Crippen LogP contribution is 2.20. The van der Waals surface area contributed by atoms with Gasteiger partial charge in [0.05, 0.1) is 0 Å². The van der Waals surface area contributed by atoms with E-state index in [1.54, 1.807) is 21.1 Å². The first-order chi connectivity index (χ1) is 10.4. The largest absolute Gasteiger partial charge is 0.371 e. The molecule has 0 spiro atoms. The van der Waals surface area contributed by atoms with Gasteiger partial charge in [-0.25, -0.2) is 4.98 Å². The minimum Gasteiger partial charge on any atom is -0.371 e. The van der Waals surface area contributed by atoms with E-state index in [1.165, 1.54) is 4.79 Å². The van der Waals surface area contributed by atoms with Crippen molar-refractivity contribution in [2.75, 3.05) is 32.9 Å². The normalized spacial score (nSPS) is 14.9. The minimum atomic E-state index is -1.03. The van der Waals surface area contributed by atoms with Gasteiger partial charge in [0.2, 0.25) is 0 Å². The third-order valence-corrected chi connectivity index (χ3v) is 3.30. The molecule has 1 N–H and O–H groups in total. The van der Waals surface area contributed by atoms with Gasteiger partial charge in [0, 0.05) is 34.4 Å².